The highest BCUT2D eigenvalue weighted by molar-refractivity contribution is 6.30. The van der Waals surface area contributed by atoms with Crippen molar-refractivity contribution >= 4 is 17.5 Å². The topological polar surface area (TPSA) is 55.1 Å². The molecule has 0 bridgehead atoms. The van der Waals surface area contributed by atoms with Gasteiger partial charge in [-0.25, -0.2) is 4.39 Å². The number of nitrogens with one attached hydrogen (secondary N) is 1. The molecule has 5 heteroatoms. The summed E-state index contributed by atoms with van der Waals surface area (Å²) in [6.07, 6.45) is 1.44. The lowest BCUT2D eigenvalue weighted by atomic mass is 10.1. The number of carbonyl (C=O) groups excluding carboxylic acids is 1. The summed E-state index contributed by atoms with van der Waals surface area (Å²) >= 11 is 5.68. The van der Waals surface area contributed by atoms with E-state index in [1.54, 1.807) is 6.07 Å². The van der Waals surface area contributed by atoms with E-state index in [9.17, 15) is 9.18 Å². The third-order valence-electron chi connectivity index (χ3n) is 3.03. The maximum absolute atomic E-state index is 13.0. The number of halogens is 2. The molecule has 1 aromatic rings. The summed E-state index contributed by atoms with van der Waals surface area (Å²) in [6, 6.07) is 4.16. The van der Waals surface area contributed by atoms with Crippen molar-refractivity contribution < 1.29 is 9.18 Å². The van der Waals surface area contributed by atoms with Crippen LogP contribution in [0.3, 0.4) is 0 Å². The SMILES string of the molecule is CC(NC(=O)C1(N)CC1)c1ccc(F)c(Cl)c1. The standard InChI is InChI=1S/C12H14ClFN2O/c1-7(16-11(17)12(15)4-5-12)8-2-3-10(14)9(13)6-8/h2-3,6-7H,4-5,15H2,1H3,(H,16,17). The minimum atomic E-state index is -0.696. The molecule has 1 atom stereocenters. The summed E-state index contributed by atoms with van der Waals surface area (Å²) in [7, 11) is 0. The van der Waals surface area contributed by atoms with Crippen molar-refractivity contribution in [3.05, 3.63) is 34.6 Å². The van der Waals surface area contributed by atoms with Crippen LogP contribution in [0, 0.1) is 5.82 Å². The van der Waals surface area contributed by atoms with E-state index in [4.69, 9.17) is 17.3 Å². The van der Waals surface area contributed by atoms with Crippen molar-refractivity contribution in [3.8, 4) is 0 Å². The van der Waals surface area contributed by atoms with Crippen LogP contribution in [-0.4, -0.2) is 11.4 Å². The average Bonchev–Trinajstić information content (AvgIpc) is 3.02. The highest BCUT2D eigenvalue weighted by Crippen LogP contribution is 2.33. The molecule has 3 N–H and O–H groups in total. The lowest BCUT2D eigenvalue weighted by molar-refractivity contribution is -0.123. The molecule has 1 aliphatic carbocycles. The summed E-state index contributed by atoms with van der Waals surface area (Å²) < 4.78 is 13.0. The van der Waals surface area contributed by atoms with E-state index >= 15 is 0 Å². The van der Waals surface area contributed by atoms with Gasteiger partial charge in [-0.05, 0) is 37.5 Å². The van der Waals surface area contributed by atoms with Crippen LogP contribution in [0.5, 0.6) is 0 Å². The molecule has 0 heterocycles. The molecule has 3 nitrogen and oxygen atoms in total. The summed E-state index contributed by atoms with van der Waals surface area (Å²) in [5, 5.41) is 2.85. The van der Waals surface area contributed by atoms with Crippen LogP contribution in [0.15, 0.2) is 18.2 Å². The molecule has 17 heavy (non-hydrogen) atoms. The fourth-order valence-electron chi connectivity index (χ4n) is 1.57. The normalized spacial score (nSPS) is 18.6. The quantitative estimate of drug-likeness (QED) is 0.871. The van der Waals surface area contributed by atoms with Crippen molar-refractivity contribution in [2.45, 2.75) is 31.3 Å². The molecule has 1 aromatic carbocycles. The maximum Gasteiger partial charge on any atom is 0.240 e. The zero-order valence-corrected chi connectivity index (χ0v) is 10.2. The third-order valence-corrected chi connectivity index (χ3v) is 3.32. The molecule has 0 aromatic heterocycles. The second-order valence-corrected chi connectivity index (χ2v) is 4.93. The second-order valence-electron chi connectivity index (χ2n) is 4.52. The molecule has 1 fully saturated rings. The lowest BCUT2D eigenvalue weighted by Gasteiger charge is -2.17. The van der Waals surface area contributed by atoms with E-state index < -0.39 is 11.4 Å². The Morgan fingerprint density at radius 3 is 2.76 bits per heavy atom. The Balaban J connectivity index is 2.06. The Morgan fingerprint density at radius 2 is 2.24 bits per heavy atom. The van der Waals surface area contributed by atoms with Gasteiger partial charge in [0.15, 0.2) is 0 Å². The van der Waals surface area contributed by atoms with Crippen LogP contribution in [0.2, 0.25) is 5.02 Å². The molecule has 2 rings (SSSR count). The highest BCUT2D eigenvalue weighted by Gasteiger charge is 2.46. The Morgan fingerprint density at radius 1 is 1.59 bits per heavy atom. The van der Waals surface area contributed by atoms with Gasteiger partial charge in [0.25, 0.3) is 0 Å². The van der Waals surface area contributed by atoms with Crippen LogP contribution in [0.4, 0.5) is 4.39 Å². The second kappa shape index (κ2) is 4.27. The van der Waals surface area contributed by atoms with Crippen molar-refractivity contribution in [1.82, 2.24) is 5.32 Å². The number of carbonyl (C=O) groups is 1. The smallest absolute Gasteiger partial charge is 0.240 e. The Hall–Kier alpha value is -1.13. The predicted octanol–water partition coefficient (Wildman–Crippen LogP) is 2.15. The molecule has 0 radical (unpaired) electrons. The average molecular weight is 257 g/mol. The summed E-state index contributed by atoms with van der Waals surface area (Å²) in [5.41, 5.74) is 5.83. The number of amides is 1. The van der Waals surface area contributed by atoms with Crippen molar-refractivity contribution in [2.75, 3.05) is 0 Å². The summed E-state index contributed by atoms with van der Waals surface area (Å²) in [4.78, 5) is 11.7. The Kier molecular flexibility index (Phi) is 3.10. The molecule has 1 unspecified atom stereocenters. The number of nitrogens with two attached hydrogens (primary N) is 1. The van der Waals surface area contributed by atoms with E-state index in [-0.39, 0.29) is 17.0 Å². The molecule has 92 valence electrons. The molecular weight excluding hydrogens is 243 g/mol. The first-order valence-corrected chi connectivity index (χ1v) is 5.85. The van der Waals surface area contributed by atoms with Gasteiger partial charge in [-0.3, -0.25) is 4.79 Å². The molecule has 0 aliphatic heterocycles. The van der Waals surface area contributed by atoms with Gasteiger partial charge in [0, 0.05) is 0 Å². The Bertz CT molecular complexity index is 460. The van der Waals surface area contributed by atoms with Gasteiger partial charge in [0.05, 0.1) is 16.6 Å². The summed E-state index contributed by atoms with van der Waals surface area (Å²) in [5.74, 6) is -0.628. The predicted molar refractivity (Wildman–Crippen MR) is 64.1 cm³/mol. The first-order chi connectivity index (χ1) is 7.92. The molecule has 0 saturated heterocycles. The minimum Gasteiger partial charge on any atom is -0.348 e. The van der Waals surface area contributed by atoms with Crippen LogP contribution in [-0.2, 0) is 4.79 Å². The maximum atomic E-state index is 13.0. The van der Waals surface area contributed by atoms with Crippen LogP contribution >= 0.6 is 11.6 Å². The van der Waals surface area contributed by atoms with E-state index in [1.807, 2.05) is 6.92 Å². The molecule has 1 aliphatic rings. The largest absolute Gasteiger partial charge is 0.348 e. The van der Waals surface area contributed by atoms with E-state index in [2.05, 4.69) is 5.32 Å². The number of hydrogen-bond acceptors (Lipinski definition) is 2. The van der Waals surface area contributed by atoms with Gasteiger partial charge in [0.1, 0.15) is 5.82 Å². The number of hydrogen-bond donors (Lipinski definition) is 2. The van der Waals surface area contributed by atoms with Gasteiger partial charge in [-0.15, -0.1) is 0 Å². The molecule has 1 amide bonds. The van der Waals surface area contributed by atoms with Crippen molar-refractivity contribution in [1.29, 1.82) is 0 Å². The minimum absolute atomic E-state index is 0.0532. The Labute approximate surface area is 104 Å². The van der Waals surface area contributed by atoms with E-state index in [0.29, 0.717) is 0 Å². The third kappa shape index (κ3) is 2.58. The van der Waals surface area contributed by atoms with Crippen LogP contribution in [0.25, 0.3) is 0 Å². The van der Waals surface area contributed by atoms with Crippen molar-refractivity contribution in [3.63, 3.8) is 0 Å². The highest BCUT2D eigenvalue weighted by atomic mass is 35.5. The molecule has 0 spiro atoms. The van der Waals surface area contributed by atoms with Gasteiger partial charge < -0.3 is 11.1 Å². The van der Waals surface area contributed by atoms with Gasteiger partial charge in [-0.1, -0.05) is 17.7 Å². The van der Waals surface area contributed by atoms with E-state index in [1.165, 1.54) is 12.1 Å². The molecular formula is C12H14ClFN2O. The fourth-order valence-corrected chi connectivity index (χ4v) is 1.76. The van der Waals surface area contributed by atoms with Crippen LogP contribution < -0.4 is 11.1 Å². The number of benzene rings is 1. The summed E-state index contributed by atoms with van der Waals surface area (Å²) in [6.45, 7) is 1.81. The monoisotopic (exact) mass is 256 g/mol. The van der Waals surface area contributed by atoms with Gasteiger partial charge in [-0.2, -0.15) is 0 Å². The first kappa shape index (κ1) is 12.3. The number of rotatable bonds is 3. The zero-order chi connectivity index (χ0) is 12.6. The van der Waals surface area contributed by atoms with Gasteiger partial charge in [0.2, 0.25) is 5.91 Å². The zero-order valence-electron chi connectivity index (χ0n) is 9.47. The lowest BCUT2D eigenvalue weighted by Crippen LogP contribution is -2.43. The molecule has 1 saturated carbocycles. The fraction of sp³-hybridized carbons (Fsp3) is 0.417. The van der Waals surface area contributed by atoms with Crippen molar-refractivity contribution in [2.24, 2.45) is 5.73 Å². The van der Waals surface area contributed by atoms with Gasteiger partial charge >= 0.3 is 0 Å². The van der Waals surface area contributed by atoms with Crippen LogP contribution in [0.1, 0.15) is 31.4 Å². The first-order valence-electron chi connectivity index (χ1n) is 5.47. The van der Waals surface area contributed by atoms with E-state index in [0.717, 1.165) is 18.4 Å².